The number of amides is 1. The van der Waals surface area contributed by atoms with Crippen molar-refractivity contribution < 1.29 is 14.3 Å². The van der Waals surface area contributed by atoms with Gasteiger partial charge in [-0.15, -0.1) is 5.10 Å². The summed E-state index contributed by atoms with van der Waals surface area (Å²) in [6, 6.07) is 10.6. The van der Waals surface area contributed by atoms with Gasteiger partial charge in [-0.25, -0.2) is 4.68 Å². The smallest absolute Gasteiger partial charge is 0.248 e. The topological polar surface area (TPSA) is 91.2 Å². The van der Waals surface area contributed by atoms with Crippen molar-refractivity contribution in [3.63, 3.8) is 0 Å². The minimum atomic E-state index is -0.278. The number of nitrogens with one attached hydrogen (secondary N) is 1. The van der Waals surface area contributed by atoms with E-state index in [0.29, 0.717) is 28.8 Å². The predicted molar refractivity (Wildman–Crippen MR) is 106 cm³/mol. The summed E-state index contributed by atoms with van der Waals surface area (Å²) in [7, 11) is 1.53. The number of hydrogen-bond acceptors (Lipinski definition) is 6. The van der Waals surface area contributed by atoms with E-state index in [2.05, 4.69) is 20.8 Å². The van der Waals surface area contributed by atoms with E-state index < -0.39 is 0 Å². The van der Waals surface area contributed by atoms with Gasteiger partial charge < -0.3 is 14.8 Å². The molecule has 0 unspecified atom stereocenters. The van der Waals surface area contributed by atoms with Crippen molar-refractivity contribution >= 4 is 29.3 Å². The first-order chi connectivity index (χ1) is 13.6. The van der Waals surface area contributed by atoms with Gasteiger partial charge >= 0.3 is 0 Å². The largest absolute Gasteiger partial charge is 0.491 e. The third kappa shape index (κ3) is 4.66. The second-order valence-electron chi connectivity index (χ2n) is 5.59. The molecule has 1 heterocycles. The van der Waals surface area contributed by atoms with Gasteiger partial charge in [0.05, 0.1) is 24.4 Å². The first-order valence-electron chi connectivity index (χ1n) is 8.43. The first kappa shape index (κ1) is 19.4. The second-order valence-corrected chi connectivity index (χ2v) is 6.00. The SMILES string of the molecule is CCOc1cc(C=CC(=O)Nc2ccc(-n3cnnn3)cc2)cc(Cl)c1OC. The number of carbonyl (C=O) groups is 1. The Morgan fingerprint density at radius 2 is 2.07 bits per heavy atom. The highest BCUT2D eigenvalue weighted by Crippen LogP contribution is 2.36. The lowest BCUT2D eigenvalue weighted by Gasteiger charge is -2.11. The van der Waals surface area contributed by atoms with Crippen LogP contribution in [0.25, 0.3) is 11.8 Å². The highest BCUT2D eigenvalue weighted by atomic mass is 35.5. The summed E-state index contributed by atoms with van der Waals surface area (Å²) < 4.78 is 12.3. The van der Waals surface area contributed by atoms with E-state index in [-0.39, 0.29) is 5.91 Å². The number of tetrazole rings is 1. The maximum Gasteiger partial charge on any atom is 0.248 e. The van der Waals surface area contributed by atoms with E-state index in [1.54, 1.807) is 42.5 Å². The lowest BCUT2D eigenvalue weighted by atomic mass is 10.2. The van der Waals surface area contributed by atoms with Gasteiger partial charge in [-0.3, -0.25) is 4.79 Å². The summed E-state index contributed by atoms with van der Waals surface area (Å²) in [4.78, 5) is 12.2. The molecule has 0 saturated carbocycles. The Morgan fingerprint density at radius 3 is 2.71 bits per heavy atom. The van der Waals surface area contributed by atoms with Crippen LogP contribution in [0.4, 0.5) is 5.69 Å². The molecule has 1 aromatic heterocycles. The Kier molecular flexibility index (Phi) is 6.23. The van der Waals surface area contributed by atoms with Gasteiger partial charge in [-0.1, -0.05) is 11.6 Å². The Labute approximate surface area is 166 Å². The summed E-state index contributed by atoms with van der Waals surface area (Å²) in [5, 5.41) is 14.2. The number of halogens is 1. The first-order valence-corrected chi connectivity index (χ1v) is 8.81. The van der Waals surface area contributed by atoms with Crippen molar-refractivity contribution in [3.8, 4) is 17.2 Å². The van der Waals surface area contributed by atoms with Crippen LogP contribution in [0, 0.1) is 0 Å². The zero-order chi connectivity index (χ0) is 19.9. The Morgan fingerprint density at radius 1 is 1.29 bits per heavy atom. The zero-order valence-corrected chi connectivity index (χ0v) is 16.1. The predicted octanol–water partition coefficient (Wildman–Crippen LogP) is 3.37. The van der Waals surface area contributed by atoms with E-state index in [0.717, 1.165) is 11.3 Å². The third-order valence-corrected chi connectivity index (χ3v) is 3.99. The summed E-state index contributed by atoms with van der Waals surface area (Å²) in [5.74, 6) is 0.712. The maximum atomic E-state index is 12.2. The van der Waals surface area contributed by atoms with Gasteiger partial charge in [0.2, 0.25) is 5.91 Å². The number of carbonyl (C=O) groups excluding carboxylic acids is 1. The van der Waals surface area contributed by atoms with Crippen LogP contribution in [0.15, 0.2) is 48.8 Å². The molecule has 0 saturated heterocycles. The molecule has 3 rings (SSSR count). The van der Waals surface area contributed by atoms with E-state index in [1.807, 2.05) is 6.92 Å². The lowest BCUT2D eigenvalue weighted by molar-refractivity contribution is -0.111. The third-order valence-electron chi connectivity index (χ3n) is 3.71. The van der Waals surface area contributed by atoms with Crippen LogP contribution >= 0.6 is 11.6 Å². The molecule has 2 aromatic carbocycles. The Balaban J connectivity index is 1.68. The molecule has 0 fully saturated rings. The number of methoxy groups -OCH3 is 1. The second kappa shape index (κ2) is 9.01. The van der Waals surface area contributed by atoms with Crippen LogP contribution < -0.4 is 14.8 Å². The molecule has 0 radical (unpaired) electrons. The number of ether oxygens (including phenoxy) is 2. The van der Waals surface area contributed by atoms with Gasteiger partial charge in [-0.05, 0) is 65.4 Å². The number of rotatable bonds is 7. The van der Waals surface area contributed by atoms with Crippen LogP contribution in [-0.4, -0.2) is 39.8 Å². The molecule has 28 heavy (non-hydrogen) atoms. The number of nitrogens with zero attached hydrogens (tertiary/aromatic N) is 4. The van der Waals surface area contributed by atoms with Gasteiger partial charge in [0.1, 0.15) is 6.33 Å². The van der Waals surface area contributed by atoms with Gasteiger partial charge in [0, 0.05) is 11.8 Å². The highest BCUT2D eigenvalue weighted by molar-refractivity contribution is 6.32. The van der Waals surface area contributed by atoms with Crippen molar-refractivity contribution in [1.82, 2.24) is 20.2 Å². The summed E-state index contributed by atoms with van der Waals surface area (Å²) in [6.07, 6.45) is 4.56. The molecule has 0 bridgehead atoms. The average molecular weight is 400 g/mol. The molecule has 1 amide bonds. The van der Waals surface area contributed by atoms with Crippen LogP contribution in [0.2, 0.25) is 5.02 Å². The van der Waals surface area contributed by atoms with Crippen molar-refractivity contribution in [2.24, 2.45) is 0 Å². The van der Waals surface area contributed by atoms with Crippen LogP contribution in [-0.2, 0) is 4.79 Å². The highest BCUT2D eigenvalue weighted by Gasteiger charge is 2.10. The van der Waals surface area contributed by atoms with Crippen LogP contribution in [0.5, 0.6) is 11.5 Å². The summed E-state index contributed by atoms with van der Waals surface area (Å²) in [5.41, 5.74) is 2.16. The summed E-state index contributed by atoms with van der Waals surface area (Å²) >= 11 is 6.22. The minimum absolute atomic E-state index is 0.278. The van der Waals surface area contributed by atoms with Gasteiger partial charge in [0.25, 0.3) is 0 Å². The van der Waals surface area contributed by atoms with Crippen molar-refractivity contribution in [2.45, 2.75) is 6.92 Å². The van der Waals surface area contributed by atoms with Crippen LogP contribution in [0.1, 0.15) is 12.5 Å². The Hall–Kier alpha value is -3.39. The Bertz CT molecular complexity index is 972. The fraction of sp³-hybridized carbons (Fsp3) is 0.158. The quantitative estimate of drug-likeness (QED) is 0.612. The monoisotopic (exact) mass is 399 g/mol. The molecule has 8 nitrogen and oxygen atoms in total. The standard InChI is InChI=1S/C19H18ClN5O3/c1-3-28-17-11-13(10-16(20)19(17)27-2)4-9-18(26)22-14-5-7-15(8-6-14)25-12-21-23-24-25/h4-12H,3H2,1-2H3,(H,22,26). The fourth-order valence-corrected chi connectivity index (χ4v) is 2.77. The molecular formula is C19H18ClN5O3. The molecule has 0 atom stereocenters. The van der Waals surface area contributed by atoms with Crippen molar-refractivity contribution in [1.29, 1.82) is 0 Å². The molecule has 0 aliphatic carbocycles. The molecule has 0 spiro atoms. The fourth-order valence-electron chi connectivity index (χ4n) is 2.48. The van der Waals surface area contributed by atoms with E-state index in [9.17, 15) is 4.79 Å². The molecular weight excluding hydrogens is 382 g/mol. The van der Waals surface area contributed by atoms with Crippen LogP contribution in [0.3, 0.4) is 0 Å². The average Bonchev–Trinajstić information content (AvgIpc) is 3.22. The van der Waals surface area contributed by atoms with E-state index in [1.165, 1.54) is 24.2 Å². The van der Waals surface area contributed by atoms with E-state index >= 15 is 0 Å². The maximum absolute atomic E-state index is 12.2. The van der Waals surface area contributed by atoms with Gasteiger partial charge in [0.15, 0.2) is 11.5 Å². The molecule has 3 aromatic rings. The molecule has 0 aliphatic heterocycles. The minimum Gasteiger partial charge on any atom is -0.491 e. The molecule has 9 heteroatoms. The number of benzene rings is 2. The number of hydrogen-bond donors (Lipinski definition) is 1. The number of aromatic nitrogens is 4. The molecule has 1 N–H and O–H groups in total. The zero-order valence-electron chi connectivity index (χ0n) is 15.3. The van der Waals surface area contributed by atoms with E-state index in [4.69, 9.17) is 21.1 Å². The lowest BCUT2D eigenvalue weighted by Crippen LogP contribution is -2.07. The molecule has 0 aliphatic rings. The number of anilines is 1. The molecule has 144 valence electrons. The van der Waals surface area contributed by atoms with Gasteiger partial charge in [-0.2, -0.15) is 0 Å². The summed E-state index contributed by atoms with van der Waals surface area (Å²) in [6.45, 7) is 2.34. The van der Waals surface area contributed by atoms with Crippen molar-refractivity contribution in [3.05, 3.63) is 59.4 Å². The normalized spacial score (nSPS) is 10.8. The van der Waals surface area contributed by atoms with Crippen molar-refractivity contribution in [2.75, 3.05) is 19.0 Å².